The predicted molar refractivity (Wildman–Crippen MR) is 80.9 cm³/mol. The van der Waals surface area contributed by atoms with E-state index in [1.165, 1.54) is 18.7 Å². The van der Waals surface area contributed by atoms with Crippen molar-refractivity contribution in [3.05, 3.63) is 18.5 Å². The molecule has 2 heterocycles. The van der Waals surface area contributed by atoms with Crippen LogP contribution in [0.3, 0.4) is 0 Å². The second-order valence-corrected chi connectivity index (χ2v) is 5.65. The van der Waals surface area contributed by atoms with Crippen LogP contribution in [0.2, 0.25) is 0 Å². The lowest BCUT2D eigenvalue weighted by Crippen LogP contribution is -2.49. The van der Waals surface area contributed by atoms with E-state index in [9.17, 15) is 9.59 Å². The maximum Gasteiger partial charge on any atom is 0.551 e. The normalized spacial score (nSPS) is 17.9. The third kappa shape index (κ3) is 4.88. The van der Waals surface area contributed by atoms with Crippen LogP contribution in [-0.4, -0.2) is 52.1 Å². The standard InChI is InChI=1S/C12H17BN4O4S/c1-9(18)21-13-10(5-3-4-6-20-13)15-11(19)7-22-12-16-14-8-17(12)2/h3-4,8,10H,5-7H2,1-2H3,(H,15,19). The Hall–Kier alpha value is -1.81. The first-order chi connectivity index (χ1) is 10.6. The molecule has 1 aliphatic heterocycles. The van der Waals surface area contributed by atoms with E-state index in [0.717, 1.165) is 0 Å². The zero-order valence-corrected chi connectivity index (χ0v) is 13.2. The van der Waals surface area contributed by atoms with E-state index in [0.29, 0.717) is 18.2 Å². The van der Waals surface area contributed by atoms with Crippen LogP contribution in [-0.2, 0) is 25.9 Å². The minimum absolute atomic E-state index is 0.186. The average Bonchev–Trinajstić information content (AvgIpc) is 2.75. The van der Waals surface area contributed by atoms with Gasteiger partial charge in [0.15, 0.2) is 5.16 Å². The van der Waals surface area contributed by atoms with Gasteiger partial charge in [-0.1, -0.05) is 23.9 Å². The van der Waals surface area contributed by atoms with Crippen molar-refractivity contribution in [2.24, 2.45) is 7.05 Å². The number of nitrogens with zero attached hydrogens (tertiary/aromatic N) is 3. The van der Waals surface area contributed by atoms with E-state index in [4.69, 9.17) is 9.31 Å². The summed E-state index contributed by atoms with van der Waals surface area (Å²) < 4.78 is 12.3. The van der Waals surface area contributed by atoms with Gasteiger partial charge in [-0.15, -0.1) is 10.2 Å². The van der Waals surface area contributed by atoms with Gasteiger partial charge in [-0.3, -0.25) is 9.59 Å². The first-order valence-corrected chi connectivity index (χ1v) is 7.75. The number of amides is 1. The Labute approximate surface area is 132 Å². The fraction of sp³-hybridized carbons (Fsp3) is 0.500. The average molecular weight is 324 g/mol. The van der Waals surface area contributed by atoms with Gasteiger partial charge < -0.3 is 19.2 Å². The Kier molecular flexibility index (Phi) is 6.02. The van der Waals surface area contributed by atoms with E-state index in [1.807, 2.05) is 12.2 Å². The summed E-state index contributed by atoms with van der Waals surface area (Å²) in [5, 5.41) is 11.1. The minimum atomic E-state index is -0.781. The van der Waals surface area contributed by atoms with Gasteiger partial charge >= 0.3 is 7.12 Å². The Balaban J connectivity index is 1.88. The fourth-order valence-electron chi connectivity index (χ4n) is 1.88. The van der Waals surface area contributed by atoms with Gasteiger partial charge in [0.2, 0.25) is 5.91 Å². The van der Waals surface area contributed by atoms with Crippen molar-refractivity contribution in [2.75, 3.05) is 12.4 Å². The van der Waals surface area contributed by atoms with Crippen LogP contribution in [0.1, 0.15) is 13.3 Å². The van der Waals surface area contributed by atoms with Crippen molar-refractivity contribution < 1.29 is 18.9 Å². The Morgan fingerprint density at radius 1 is 1.59 bits per heavy atom. The molecule has 2 rings (SSSR count). The minimum Gasteiger partial charge on any atom is -0.508 e. The predicted octanol–water partition coefficient (Wildman–Crippen LogP) is -0.0410. The van der Waals surface area contributed by atoms with Gasteiger partial charge in [-0.2, -0.15) is 0 Å². The highest BCUT2D eigenvalue weighted by Crippen LogP contribution is 2.13. The van der Waals surface area contributed by atoms with Crippen molar-refractivity contribution in [2.45, 2.75) is 24.4 Å². The highest BCUT2D eigenvalue weighted by Gasteiger charge is 2.34. The van der Waals surface area contributed by atoms with E-state index in [1.54, 1.807) is 17.9 Å². The monoisotopic (exact) mass is 324 g/mol. The second-order valence-electron chi connectivity index (χ2n) is 4.71. The van der Waals surface area contributed by atoms with Crippen LogP contribution in [0.5, 0.6) is 0 Å². The molecule has 0 bridgehead atoms. The van der Waals surface area contributed by atoms with E-state index in [2.05, 4.69) is 15.5 Å². The van der Waals surface area contributed by atoms with Gasteiger partial charge in [-0.25, -0.2) is 0 Å². The smallest absolute Gasteiger partial charge is 0.508 e. The van der Waals surface area contributed by atoms with Crippen molar-refractivity contribution >= 4 is 30.8 Å². The lowest BCUT2D eigenvalue weighted by atomic mass is 9.76. The molecule has 0 spiro atoms. The molecule has 10 heteroatoms. The largest absolute Gasteiger partial charge is 0.551 e. The zero-order valence-electron chi connectivity index (χ0n) is 12.4. The van der Waals surface area contributed by atoms with Crippen molar-refractivity contribution in [3.8, 4) is 0 Å². The van der Waals surface area contributed by atoms with Crippen LogP contribution in [0.25, 0.3) is 0 Å². The summed E-state index contributed by atoms with van der Waals surface area (Å²) in [6.07, 6.45) is 5.83. The van der Waals surface area contributed by atoms with Crippen molar-refractivity contribution in [1.82, 2.24) is 20.1 Å². The van der Waals surface area contributed by atoms with E-state index < -0.39 is 19.0 Å². The molecule has 0 aliphatic carbocycles. The summed E-state index contributed by atoms with van der Waals surface area (Å²) in [5.41, 5.74) is 0. The summed E-state index contributed by atoms with van der Waals surface area (Å²) in [7, 11) is 1.03. The number of thioether (sulfide) groups is 1. The Morgan fingerprint density at radius 3 is 3.09 bits per heavy atom. The number of nitrogens with one attached hydrogen (secondary N) is 1. The highest BCUT2D eigenvalue weighted by molar-refractivity contribution is 7.99. The lowest BCUT2D eigenvalue weighted by molar-refractivity contribution is -0.134. The summed E-state index contributed by atoms with van der Waals surface area (Å²) >= 11 is 1.28. The number of aromatic nitrogens is 3. The van der Waals surface area contributed by atoms with Crippen molar-refractivity contribution in [3.63, 3.8) is 0 Å². The van der Waals surface area contributed by atoms with Gasteiger partial charge in [0.25, 0.3) is 5.97 Å². The molecule has 1 unspecified atom stereocenters. The first kappa shape index (κ1) is 16.6. The van der Waals surface area contributed by atoms with Crippen LogP contribution in [0.15, 0.2) is 23.6 Å². The number of aryl methyl sites for hydroxylation is 1. The Morgan fingerprint density at radius 2 is 2.41 bits per heavy atom. The topological polar surface area (TPSA) is 95.3 Å². The number of hydrogen-bond acceptors (Lipinski definition) is 7. The molecule has 0 fully saturated rings. The van der Waals surface area contributed by atoms with Crippen LogP contribution in [0.4, 0.5) is 0 Å². The molecule has 0 aromatic carbocycles. The molecule has 1 aromatic rings. The fourth-order valence-corrected chi connectivity index (χ4v) is 2.58. The van der Waals surface area contributed by atoms with Crippen LogP contribution in [0, 0.1) is 0 Å². The van der Waals surface area contributed by atoms with Crippen LogP contribution < -0.4 is 5.32 Å². The highest BCUT2D eigenvalue weighted by atomic mass is 32.2. The lowest BCUT2D eigenvalue weighted by Gasteiger charge is -2.20. The summed E-state index contributed by atoms with van der Waals surface area (Å²) in [6, 6.07) is 0. The molecule has 1 atom stereocenters. The molecule has 22 heavy (non-hydrogen) atoms. The van der Waals surface area contributed by atoms with Crippen molar-refractivity contribution in [1.29, 1.82) is 0 Å². The molecule has 0 radical (unpaired) electrons. The molecule has 0 saturated heterocycles. The quantitative estimate of drug-likeness (QED) is 0.461. The zero-order chi connectivity index (χ0) is 15.9. The third-order valence-electron chi connectivity index (χ3n) is 2.87. The van der Waals surface area contributed by atoms with E-state index in [-0.39, 0.29) is 11.7 Å². The second kappa shape index (κ2) is 7.99. The molecule has 8 nitrogen and oxygen atoms in total. The van der Waals surface area contributed by atoms with Crippen LogP contribution >= 0.6 is 11.8 Å². The molecular formula is C12H17BN4O4S. The Bertz CT molecular complexity index is 565. The van der Waals surface area contributed by atoms with Gasteiger partial charge in [0, 0.05) is 14.0 Å². The summed E-state index contributed by atoms with van der Waals surface area (Å²) in [5.74, 6) is -0.844. The molecule has 1 aromatic heterocycles. The molecule has 1 N–H and O–H groups in total. The van der Waals surface area contributed by atoms with E-state index >= 15 is 0 Å². The van der Waals surface area contributed by atoms with Gasteiger partial charge in [0.1, 0.15) is 6.33 Å². The number of rotatable bonds is 5. The number of carbonyl (C=O) groups excluding carboxylic acids is 2. The third-order valence-corrected chi connectivity index (χ3v) is 3.91. The first-order valence-electron chi connectivity index (χ1n) is 6.76. The number of carbonyl (C=O) groups is 2. The SMILES string of the molecule is CC(=O)OB1OCC=CCC1NC(=O)CSc1nncn1C. The molecule has 1 amide bonds. The maximum atomic E-state index is 12.1. The number of hydrogen-bond donors (Lipinski definition) is 1. The maximum absolute atomic E-state index is 12.1. The molecule has 118 valence electrons. The molecule has 1 aliphatic rings. The molecule has 0 saturated carbocycles. The summed E-state index contributed by atoms with van der Waals surface area (Å²) in [4.78, 5) is 23.2. The van der Waals surface area contributed by atoms with Gasteiger partial charge in [-0.05, 0) is 6.42 Å². The summed E-state index contributed by atoms with van der Waals surface area (Å²) in [6.45, 7) is 1.66. The van der Waals surface area contributed by atoms with Gasteiger partial charge in [0.05, 0.1) is 18.3 Å². The molecular weight excluding hydrogens is 307 g/mol.